The summed E-state index contributed by atoms with van der Waals surface area (Å²) in [6, 6.07) is 19.2. The normalized spacial score (nSPS) is 12.1. The van der Waals surface area contributed by atoms with Crippen molar-refractivity contribution < 1.29 is 17.9 Å². The molecule has 0 fully saturated rings. The number of aryl methyl sites for hydroxylation is 2. The standard InChI is InChI=1S/C24H26N2O4S2/c1-16-5-6-17(2)23(15-16)26-32(28,29)22-13-7-19(8-14-22)25-24(27)18(3)31-21-11-9-20(30-4)10-12-21/h5-15,18,26H,1-4H3,(H,25,27)/t18-/m1/s1. The van der Waals surface area contributed by atoms with Crippen LogP contribution in [0.4, 0.5) is 11.4 Å². The molecule has 6 nitrogen and oxygen atoms in total. The Kier molecular flexibility index (Phi) is 7.48. The lowest BCUT2D eigenvalue weighted by molar-refractivity contribution is -0.115. The number of hydrogen-bond acceptors (Lipinski definition) is 5. The molecule has 0 aromatic heterocycles. The minimum absolute atomic E-state index is 0.122. The second-order valence-electron chi connectivity index (χ2n) is 7.37. The molecule has 0 aliphatic heterocycles. The molecule has 0 saturated heterocycles. The largest absolute Gasteiger partial charge is 0.497 e. The van der Waals surface area contributed by atoms with E-state index in [0.717, 1.165) is 21.8 Å². The molecule has 0 saturated carbocycles. The first-order valence-corrected chi connectivity index (χ1v) is 12.4. The Morgan fingerprint density at radius 2 is 1.62 bits per heavy atom. The maximum atomic E-state index is 12.7. The van der Waals surface area contributed by atoms with Crippen LogP contribution >= 0.6 is 11.8 Å². The van der Waals surface area contributed by atoms with E-state index < -0.39 is 10.0 Å². The molecule has 1 atom stereocenters. The molecule has 1 amide bonds. The van der Waals surface area contributed by atoms with Crippen molar-refractivity contribution >= 4 is 39.1 Å². The first-order valence-electron chi connectivity index (χ1n) is 9.99. The van der Waals surface area contributed by atoms with Crippen LogP contribution in [-0.4, -0.2) is 26.7 Å². The summed E-state index contributed by atoms with van der Waals surface area (Å²) >= 11 is 1.43. The number of sulfonamides is 1. The van der Waals surface area contributed by atoms with Gasteiger partial charge in [0, 0.05) is 10.6 Å². The van der Waals surface area contributed by atoms with Crippen LogP contribution in [0.25, 0.3) is 0 Å². The van der Waals surface area contributed by atoms with Crippen molar-refractivity contribution in [1.29, 1.82) is 0 Å². The van der Waals surface area contributed by atoms with E-state index in [1.165, 1.54) is 23.9 Å². The number of thioether (sulfide) groups is 1. The van der Waals surface area contributed by atoms with Crippen LogP contribution in [0.15, 0.2) is 76.5 Å². The average molecular weight is 471 g/mol. The van der Waals surface area contributed by atoms with Crippen LogP contribution in [0.5, 0.6) is 5.75 Å². The lowest BCUT2D eigenvalue weighted by Gasteiger charge is -2.14. The summed E-state index contributed by atoms with van der Waals surface area (Å²) in [4.78, 5) is 13.6. The zero-order valence-electron chi connectivity index (χ0n) is 18.4. The van der Waals surface area contributed by atoms with Crippen molar-refractivity contribution in [2.45, 2.75) is 35.8 Å². The number of methoxy groups -OCH3 is 1. The highest BCUT2D eigenvalue weighted by Gasteiger charge is 2.17. The maximum Gasteiger partial charge on any atom is 0.261 e. The topological polar surface area (TPSA) is 84.5 Å². The Hall–Kier alpha value is -2.97. The highest BCUT2D eigenvalue weighted by Crippen LogP contribution is 2.27. The molecule has 0 unspecified atom stereocenters. The third kappa shape index (κ3) is 6.05. The molecule has 3 aromatic rings. The summed E-state index contributed by atoms with van der Waals surface area (Å²) in [5.41, 5.74) is 2.88. The van der Waals surface area contributed by atoms with Gasteiger partial charge in [0.1, 0.15) is 5.75 Å². The zero-order chi connectivity index (χ0) is 23.3. The smallest absolute Gasteiger partial charge is 0.261 e. The summed E-state index contributed by atoms with van der Waals surface area (Å²) < 4.78 is 33.3. The van der Waals surface area contributed by atoms with E-state index in [2.05, 4.69) is 10.0 Å². The number of rotatable bonds is 8. The predicted molar refractivity (Wildman–Crippen MR) is 130 cm³/mol. The fraction of sp³-hybridized carbons (Fsp3) is 0.208. The minimum Gasteiger partial charge on any atom is -0.497 e. The van der Waals surface area contributed by atoms with Crippen molar-refractivity contribution in [2.24, 2.45) is 0 Å². The average Bonchev–Trinajstić information content (AvgIpc) is 2.77. The van der Waals surface area contributed by atoms with Gasteiger partial charge in [0.2, 0.25) is 5.91 Å². The number of ether oxygens (including phenoxy) is 1. The highest BCUT2D eigenvalue weighted by atomic mass is 32.2. The van der Waals surface area contributed by atoms with E-state index in [1.54, 1.807) is 25.3 Å². The quantitative estimate of drug-likeness (QED) is 0.440. The van der Waals surface area contributed by atoms with E-state index in [0.29, 0.717) is 11.4 Å². The van der Waals surface area contributed by atoms with Gasteiger partial charge in [0.25, 0.3) is 10.0 Å². The SMILES string of the molecule is COc1ccc(S[C@H](C)C(=O)Nc2ccc(S(=O)(=O)Nc3cc(C)ccc3C)cc2)cc1. The summed E-state index contributed by atoms with van der Waals surface area (Å²) in [5.74, 6) is 0.587. The molecule has 0 spiro atoms. The van der Waals surface area contributed by atoms with Gasteiger partial charge < -0.3 is 10.1 Å². The maximum absolute atomic E-state index is 12.7. The molecule has 168 valence electrons. The van der Waals surface area contributed by atoms with Gasteiger partial charge in [-0.15, -0.1) is 11.8 Å². The number of benzene rings is 3. The molecular formula is C24H26N2O4S2. The van der Waals surface area contributed by atoms with Crippen molar-refractivity contribution in [2.75, 3.05) is 17.1 Å². The van der Waals surface area contributed by atoms with Gasteiger partial charge in [-0.2, -0.15) is 0 Å². The Bertz CT molecular complexity index is 1190. The van der Waals surface area contributed by atoms with Crippen molar-refractivity contribution in [3.63, 3.8) is 0 Å². The summed E-state index contributed by atoms with van der Waals surface area (Å²) in [5, 5.41) is 2.49. The van der Waals surface area contributed by atoms with Gasteiger partial charge in [-0.05, 0) is 86.5 Å². The third-order valence-electron chi connectivity index (χ3n) is 4.81. The number of carbonyl (C=O) groups is 1. The Labute approximate surface area is 193 Å². The number of anilines is 2. The molecule has 32 heavy (non-hydrogen) atoms. The first-order chi connectivity index (χ1) is 15.2. The Morgan fingerprint density at radius 1 is 0.969 bits per heavy atom. The molecule has 0 heterocycles. The molecule has 0 aliphatic rings. The lowest BCUT2D eigenvalue weighted by Crippen LogP contribution is -2.22. The van der Waals surface area contributed by atoms with E-state index in [-0.39, 0.29) is 16.1 Å². The Morgan fingerprint density at radius 3 is 2.25 bits per heavy atom. The van der Waals surface area contributed by atoms with E-state index in [4.69, 9.17) is 4.74 Å². The highest BCUT2D eigenvalue weighted by molar-refractivity contribution is 8.00. The molecule has 2 N–H and O–H groups in total. The lowest BCUT2D eigenvalue weighted by atomic mass is 10.1. The van der Waals surface area contributed by atoms with Crippen LogP contribution < -0.4 is 14.8 Å². The number of hydrogen-bond donors (Lipinski definition) is 2. The first kappa shape index (κ1) is 23.7. The van der Waals surface area contributed by atoms with Gasteiger partial charge in [-0.3, -0.25) is 9.52 Å². The monoisotopic (exact) mass is 470 g/mol. The molecule has 3 aromatic carbocycles. The third-order valence-corrected chi connectivity index (χ3v) is 7.30. The second kappa shape index (κ2) is 10.1. The van der Waals surface area contributed by atoms with E-state index in [1.807, 2.05) is 57.2 Å². The van der Waals surface area contributed by atoms with Gasteiger partial charge in [-0.25, -0.2) is 8.42 Å². The summed E-state index contributed by atoms with van der Waals surface area (Å²) in [6.07, 6.45) is 0. The fourth-order valence-corrected chi connectivity index (χ4v) is 4.91. The Balaban J connectivity index is 1.64. The van der Waals surface area contributed by atoms with Gasteiger partial charge in [-0.1, -0.05) is 12.1 Å². The predicted octanol–water partition coefficient (Wildman–Crippen LogP) is 5.23. The van der Waals surface area contributed by atoms with Gasteiger partial charge in [0.05, 0.1) is 22.9 Å². The van der Waals surface area contributed by atoms with Crippen molar-refractivity contribution in [1.82, 2.24) is 0 Å². The van der Waals surface area contributed by atoms with Crippen molar-refractivity contribution in [3.05, 3.63) is 77.9 Å². The fourth-order valence-electron chi connectivity index (χ4n) is 2.92. The van der Waals surface area contributed by atoms with Crippen LogP contribution in [0.2, 0.25) is 0 Å². The van der Waals surface area contributed by atoms with E-state index in [9.17, 15) is 13.2 Å². The van der Waals surface area contributed by atoms with Crippen LogP contribution in [0.3, 0.4) is 0 Å². The summed E-state index contributed by atoms with van der Waals surface area (Å²) in [7, 11) is -2.13. The van der Waals surface area contributed by atoms with Gasteiger partial charge in [0.15, 0.2) is 0 Å². The summed E-state index contributed by atoms with van der Waals surface area (Å²) in [6.45, 7) is 5.57. The molecule has 8 heteroatoms. The number of amides is 1. The second-order valence-corrected chi connectivity index (χ2v) is 10.5. The van der Waals surface area contributed by atoms with Crippen LogP contribution in [0, 0.1) is 13.8 Å². The number of carbonyl (C=O) groups excluding carboxylic acids is 1. The molecule has 0 radical (unpaired) electrons. The zero-order valence-corrected chi connectivity index (χ0v) is 20.0. The van der Waals surface area contributed by atoms with E-state index >= 15 is 0 Å². The molecular weight excluding hydrogens is 444 g/mol. The van der Waals surface area contributed by atoms with Crippen molar-refractivity contribution in [3.8, 4) is 5.75 Å². The molecule has 0 bridgehead atoms. The van der Waals surface area contributed by atoms with Gasteiger partial charge >= 0.3 is 0 Å². The minimum atomic E-state index is -3.74. The molecule has 3 rings (SSSR count). The van der Waals surface area contributed by atoms with Crippen LogP contribution in [-0.2, 0) is 14.8 Å². The number of nitrogens with one attached hydrogen (secondary N) is 2. The van der Waals surface area contributed by atoms with Crippen LogP contribution in [0.1, 0.15) is 18.1 Å². The molecule has 0 aliphatic carbocycles.